The Hall–Kier alpha value is -0.910. The van der Waals surface area contributed by atoms with E-state index in [2.05, 4.69) is 0 Å². The molecular weight excluding hydrogens is 238 g/mol. The molecule has 1 aromatic rings. The number of rotatable bonds is 3. The largest absolute Gasteiger partial charge is 0.396 e. The summed E-state index contributed by atoms with van der Waals surface area (Å²) in [6.07, 6.45) is 1.45. The summed E-state index contributed by atoms with van der Waals surface area (Å²) in [6, 6.07) is 5.28. The minimum atomic E-state index is -3.09. The predicted molar refractivity (Wildman–Crippen MR) is 65.7 cm³/mol. The topological polar surface area (TPSA) is 80.4 Å². The smallest absolute Gasteiger partial charge is 0.178 e. The second-order valence-electron chi connectivity index (χ2n) is 4.40. The molecule has 0 amide bonds. The van der Waals surface area contributed by atoms with Crippen molar-refractivity contribution in [3.63, 3.8) is 0 Å². The van der Waals surface area contributed by atoms with Crippen LogP contribution in [0.5, 0.6) is 0 Å². The van der Waals surface area contributed by atoms with Crippen LogP contribution in [0.1, 0.15) is 23.5 Å². The van der Waals surface area contributed by atoms with E-state index in [4.69, 9.17) is 5.73 Å². The third-order valence-electron chi connectivity index (χ3n) is 3.26. The van der Waals surface area contributed by atoms with Gasteiger partial charge in [0, 0.05) is 12.5 Å². The minimum Gasteiger partial charge on any atom is -0.396 e. The molecule has 3 N–H and O–H groups in total. The van der Waals surface area contributed by atoms with Gasteiger partial charge in [-0.15, -0.1) is 0 Å². The van der Waals surface area contributed by atoms with E-state index in [0.717, 1.165) is 17.5 Å². The fraction of sp³-hybridized carbons (Fsp3) is 0.500. The molecule has 0 saturated carbocycles. The second kappa shape index (κ2) is 4.76. The van der Waals surface area contributed by atoms with Gasteiger partial charge < -0.3 is 10.8 Å². The Morgan fingerprint density at radius 1 is 1.41 bits per heavy atom. The van der Waals surface area contributed by atoms with E-state index in [1.165, 1.54) is 0 Å². The zero-order valence-corrected chi connectivity index (χ0v) is 10.4. The first kappa shape index (κ1) is 12.5. The second-order valence-corrected chi connectivity index (χ2v) is 6.48. The summed E-state index contributed by atoms with van der Waals surface area (Å²) in [5.41, 5.74) is 7.35. The molecule has 17 heavy (non-hydrogen) atoms. The molecule has 0 fully saturated rings. The molecule has 2 rings (SSSR count). The lowest BCUT2D eigenvalue weighted by atomic mass is 9.96. The number of hydrogen-bond acceptors (Lipinski definition) is 4. The molecule has 1 aliphatic heterocycles. The van der Waals surface area contributed by atoms with E-state index in [1.54, 1.807) is 12.1 Å². The maximum absolute atomic E-state index is 11.8. The van der Waals surface area contributed by atoms with Crippen molar-refractivity contribution in [2.75, 3.05) is 18.9 Å². The summed E-state index contributed by atoms with van der Waals surface area (Å²) in [6.45, 7) is 0.351. The van der Waals surface area contributed by atoms with Gasteiger partial charge in [-0.3, -0.25) is 0 Å². The monoisotopic (exact) mass is 255 g/mol. The van der Waals surface area contributed by atoms with Gasteiger partial charge in [-0.1, -0.05) is 12.1 Å². The summed E-state index contributed by atoms with van der Waals surface area (Å²) >= 11 is 0. The number of hydrogen-bond donors (Lipinski definition) is 2. The van der Waals surface area contributed by atoms with Crippen LogP contribution >= 0.6 is 0 Å². The van der Waals surface area contributed by atoms with Crippen LogP contribution < -0.4 is 5.73 Å². The average molecular weight is 255 g/mol. The average Bonchev–Trinajstić information content (AvgIpc) is 2.30. The standard InChI is InChI=1S/C12H17NO3S/c13-7-11(8-14)9-3-4-12-10(6-9)2-1-5-17(12,15)16/h3-4,6,11,14H,1-2,5,7-8,13H2. The van der Waals surface area contributed by atoms with Gasteiger partial charge in [-0.05, 0) is 30.0 Å². The van der Waals surface area contributed by atoms with Crippen molar-refractivity contribution in [2.24, 2.45) is 5.73 Å². The molecule has 0 radical (unpaired) electrons. The van der Waals surface area contributed by atoms with Crippen molar-refractivity contribution in [1.29, 1.82) is 0 Å². The molecule has 1 unspecified atom stereocenters. The third-order valence-corrected chi connectivity index (χ3v) is 5.15. The highest BCUT2D eigenvalue weighted by Crippen LogP contribution is 2.28. The van der Waals surface area contributed by atoms with Gasteiger partial charge in [0.1, 0.15) is 0 Å². The lowest BCUT2D eigenvalue weighted by Crippen LogP contribution is -2.19. The van der Waals surface area contributed by atoms with E-state index < -0.39 is 9.84 Å². The Kier molecular flexibility index (Phi) is 3.51. The Bertz CT molecular complexity index is 506. The van der Waals surface area contributed by atoms with Gasteiger partial charge in [0.05, 0.1) is 17.3 Å². The summed E-state index contributed by atoms with van der Waals surface area (Å²) in [5.74, 6) is 0.129. The van der Waals surface area contributed by atoms with Gasteiger partial charge in [0.2, 0.25) is 0 Å². The molecular formula is C12H17NO3S. The number of aliphatic hydroxyl groups is 1. The molecule has 0 aliphatic carbocycles. The fourth-order valence-corrected chi connectivity index (χ4v) is 3.81. The van der Waals surface area contributed by atoms with Crippen molar-refractivity contribution in [3.8, 4) is 0 Å². The van der Waals surface area contributed by atoms with Gasteiger partial charge >= 0.3 is 0 Å². The lowest BCUT2D eigenvalue weighted by Gasteiger charge is -2.19. The first-order valence-corrected chi connectivity index (χ1v) is 7.40. The van der Waals surface area contributed by atoms with Crippen molar-refractivity contribution >= 4 is 9.84 Å². The summed E-state index contributed by atoms with van der Waals surface area (Å²) < 4.78 is 23.6. The van der Waals surface area contributed by atoms with Crippen molar-refractivity contribution < 1.29 is 13.5 Å². The molecule has 5 heteroatoms. The fourth-order valence-electron chi connectivity index (χ4n) is 2.23. The van der Waals surface area contributed by atoms with E-state index >= 15 is 0 Å². The number of aliphatic hydroxyl groups excluding tert-OH is 1. The van der Waals surface area contributed by atoms with Crippen LogP contribution in [0, 0.1) is 0 Å². The molecule has 1 atom stereocenters. The number of aryl methyl sites for hydroxylation is 1. The summed E-state index contributed by atoms with van der Waals surface area (Å²) in [4.78, 5) is 0.446. The van der Waals surface area contributed by atoms with Crippen LogP contribution in [0.4, 0.5) is 0 Å². The highest BCUT2D eigenvalue weighted by molar-refractivity contribution is 7.91. The molecule has 1 aliphatic rings. The van der Waals surface area contributed by atoms with Gasteiger partial charge in [-0.2, -0.15) is 0 Å². The first-order chi connectivity index (χ1) is 8.08. The zero-order valence-electron chi connectivity index (χ0n) is 9.59. The SMILES string of the molecule is NCC(CO)c1ccc2c(c1)CCCS2(=O)=O. The van der Waals surface area contributed by atoms with Gasteiger partial charge in [0.15, 0.2) is 9.84 Å². The van der Waals surface area contributed by atoms with Gasteiger partial charge in [-0.25, -0.2) is 8.42 Å². The van der Waals surface area contributed by atoms with Crippen LogP contribution in [-0.4, -0.2) is 32.4 Å². The highest BCUT2D eigenvalue weighted by atomic mass is 32.2. The van der Waals surface area contributed by atoms with E-state index in [9.17, 15) is 13.5 Å². The molecule has 1 heterocycles. The quantitative estimate of drug-likeness (QED) is 0.821. The molecule has 0 spiro atoms. The lowest BCUT2D eigenvalue weighted by molar-refractivity contribution is 0.268. The number of nitrogens with two attached hydrogens (primary N) is 1. The molecule has 94 valence electrons. The van der Waals surface area contributed by atoms with E-state index in [-0.39, 0.29) is 18.3 Å². The minimum absolute atomic E-state index is 0.0119. The summed E-state index contributed by atoms with van der Waals surface area (Å²) in [7, 11) is -3.09. The third kappa shape index (κ3) is 2.36. The highest BCUT2D eigenvalue weighted by Gasteiger charge is 2.24. The number of fused-ring (bicyclic) bond motifs is 1. The Morgan fingerprint density at radius 2 is 2.18 bits per heavy atom. The Morgan fingerprint density at radius 3 is 2.82 bits per heavy atom. The van der Waals surface area contributed by atoms with Crippen LogP contribution in [-0.2, 0) is 16.3 Å². The van der Waals surface area contributed by atoms with E-state index in [0.29, 0.717) is 17.9 Å². The molecule has 1 aromatic carbocycles. The van der Waals surface area contributed by atoms with Crippen molar-refractivity contribution in [2.45, 2.75) is 23.7 Å². The number of benzene rings is 1. The van der Waals surface area contributed by atoms with E-state index in [1.807, 2.05) is 6.07 Å². The normalized spacial score (nSPS) is 19.6. The van der Waals surface area contributed by atoms with Crippen LogP contribution in [0.25, 0.3) is 0 Å². The molecule has 0 bridgehead atoms. The first-order valence-electron chi connectivity index (χ1n) is 5.75. The van der Waals surface area contributed by atoms with Crippen molar-refractivity contribution in [3.05, 3.63) is 29.3 Å². The van der Waals surface area contributed by atoms with Crippen molar-refractivity contribution in [1.82, 2.24) is 0 Å². The Labute approximate surface area is 101 Å². The van der Waals surface area contributed by atoms with Gasteiger partial charge in [0.25, 0.3) is 0 Å². The molecule has 0 aromatic heterocycles. The van der Waals surface area contributed by atoms with Crippen LogP contribution in [0.3, 0.4) is 0 Å². The molecule has 4 nitrogen and oxygen atoms in total. The zero-order chi connectivity index (χ0) is 12.5. The van der Waals surface area contributed by atoms with Crippen LogP contribution in [0.2, 0.25) is 0 Å². The Balaban J connectivity index is 2.44. The summed E-state index contributed by atoms with van der Waals surface area (Å²) in [5, 5.41) is 9.19. The molecule has 0 saturated heterocycles. The predicted octanol–water partition coefficient (Wildman–Crippen LogP) is 0.441. The maximum atomic E-state index is 11.8. The number of sulfone groups is 1. The maximum Gasteiger partial charge on any atom is 0.178 e. The van der Waals surface area contributed by atoms with Crippen LogP contribution in [0.15, 0.2) is 23.1 Å².